The molecular weight excluding hydrogens is 312 g/mol. The topological polar surface area (TPSA) is 140 Å². The van der Waals surface area contributed by atoms with E-state index in [-0.39, 0.29) is 23.8 Å². The maximum absolute atomic E-state index is 12.3. The molecule has 0 saturated heterocycles. The van der Waals surface area contributed by atoms with Crippen molar-refractivity contribution in [2.45, 2.75) is 6.92 Å². The van der Waals surface area contributed by atoms with Gasteiger partial charge in [0.05, 0.1) is 18.0 Å². The molecule has 1 aromatic heterocycles. The highest BCUT2D eigenvalue weighted by molar-refractivity contribution is 6.08. The van der Waals surface area contributed by atoms with E-state index in [1.165, 1.54) is 19.2 Å². The van der Waals surface area contributed by atoms with Gasteiger partial charge in [-0.3, -0.25) is 19.5 Å². The summed E-state index contributed by atoms with van der Waals surface area (Å²) < 4.78 is 0. The summed E-state index contributed by atoms with van der Waals surface area (Å²) in [5.74, 6) is -1.28. The van der Waals surface area contributed by atoms with Crippen molar-refractivity contribution in [3.8, 4) is 6.07 Å². The lowest BCUT2D eigenvalue weighted by Gasteiger charge is -2.07. The Labute approximate surface area is 137 Å². The van der Waals surface area contributed by atoms with E-state index < -0.39 is 11.8 Å². The number of aromatic amines is 1. The van der Waals surface area contributed by atoms with E-state index in [1.807, 2.05) is 0 Å². The fraction of sp³-hybridized carbons (Fsp3) is 0.133. The fourth-order valence-electron chi connectivity index (χ4n) is 1.90. The lowest BCUT2D eigenvalue weighted by molar-refractivity contribution is -0.114. The molecule has 0 aliphatic carbocycles. The molecule has 24 heavy (non-hydrogen) atoms. The van der Waals surface area contributed by atoms with Gasteiger partial charge in [-0.15, -0.1) is 0 Å². The molecule has 0 unspecified atom stereocenters. The lowest BCUT2D eigenvalue weighted by atomic mass is 10.2. The minimum atomic E-state index is -0.559. The largest absolute Gasteiger partial charge is 0.338 e. The van der Waals surface area contributed by atoms with Crippen molar-refractivity contribution in [2.24, 2.45) is 0 Å². The molecule has 9 heteroatoms. The highest BCUT2D eigenvalue weighted by atomic mass is 16.2. The molecule has 0 radical (unpaired) electrons. The summed E-state index contributed by atoms with van der Waals surface area (Å²) in [4.78, 5) is 35.2. The van der Waals surface area contributed by atoms with Gasteiger partial charge in [0, 0.05) is 18.2 Å². The fourth-order valence-corrected chi connectivity index (χ4v) is 1.90. The van der Waals surface area contributed by atoms with E-state index in [2.05, 4.69) is 26.1 Å². The third-order valence-corrected chi connectivity index (χ3v) is 2.89. The van der Waals surface area contributed by atoms with Crippen LogP contribution >= 0.6 is 0 Å². The third kappa shape index (κ3) is 4.17. The number of nitrogens with zero attached hydrogens (tertiary/aromatic N) is 2. The minimum Gasteiger partial charge on any atom is -0.338 e. The van der Waals surface area contributed by atoms with Gasteiger partial charge in [-0.2, -0.15) is 10.4 Å². The zero-order valence-corrected chi connectivity index (χ0v) is 12.7. The second-order valence-electron chi connectivity index (χ2n) is 4.72. The summed E-state index contributed by atoms with van der Waals surface area (Å²) in [6, 6.07) is 8.12. The molecule has 3 amide bonds. The summed E-state index contributed by atoms with van der Waals surface area (Å²) in [6.07, 6.45) is 1.29. The number of carbonyl (C=O) groups excluding carboxylic acids is 3. The monoisotopic (exact) mass is 326 g/mol. The molecule has 2 rings (SSSR count). The van der Waals surface area contributed by atoms with Gasteiger partial charge in [0.2, 0.25) is 5.91 Å². The molecule has 0 saturated carbocycles. The number of anilines is 2. The van der Waals surface area contributed by atoms with Crippen molar-refractivity contribution in [3.05, 3.63) is 41.7 Å². The number of rotatable bonds is 5. The Bertz CT molecular complexity index is 821. The molecule has 0 aliphatic heterocycles. The summed E-state index contributed by atoms with van der Waals surface area (Å²) in [7, 11) is 0. The maximum atomic E-state index is 12.3. The van der Waals surface area contributed by atoms with Crippen LogP contribution in [0.1, 0.15) is 27.8 Å². The predicted molar refractivity (Wildman–Crippen MR) is 85.2 cm³/mol. The van der Waals surface area contributed by atoms with Crippen LogP contribution in [0.4, 0.5) is 11.4 Å². The molecule has 1 heterocycles. The SMILES string of the molecule is CC(=O)Nc1cccc(C(=O)Nc2cn[nH]c2C(=O)NCC#N)c1. The second kappa shape index (κ2) is 7.55. The van der Waals surface area contributed by atoms with Crippen LogP contribution in [0.15, 0.2) is 30.5 Å². The lowest BCUT2D eigenvalue weighted by Crippen LogP contribution is -2.25. The molecule has 9 nitrogen and oxygen atoms in total. The smallest absolute Gasteiger partial charge is 0.272 e. The minimum absolute atomic E-state index is 0.0385. The van der Waals surface area contributed by atoms with Gasteiger partial charge in [-0.1, -0.05) is 6.07 Å². The average molecular weight is 326 g/mol. The summed E-state index contributed by atoms with van der Waals surface area (Å²) in [6.45, 7) is 1.20. The Balaban J connectivity index is 2.13. The van der Waals surface area contributed by atoms with Crippen LogP contribution in [-0.4, -0.2) is 34.5 Å². The Hall–Kier alpha value is -3.67. The van der Waals surface area contributed by atoms with Crippen LogP contribution in [0.3, 0.4) is 0 Å². The van der Waals surface area contributed by atoms with E-state index in [9.17, 15) is 14.4 Å². The van der Waals surface area contributed by atoms with Crippen molar-refractivity contribution in [1.29, 1.82) is 5.26 Å². The van der Waals surface area contributed by atoms with E-state index in [1.54, 1.807) is 24.3 Å². The zero-order valence-electron chi connectivity index (χ0n) is 12.7. The maximum Gasteiger partial charge on any atom is 0.272 e. The number of nitriles is 1. The predicted octanol–water partition coefficient (Wildman–Crippen LogP) is 0.874. The van der Waals surface area contributed by atoms with Crippen LogP contribution < -0.4 is 16.0 Å². The van der Waals surface area contributed by atoms with Crippen molar-refractivity contribution < 1.29 is 14.4 Å². The normalized spacial score (nSPS) is 9.67. The van der Waals surface area contributed by atoms with Gasteiger partial charge in [0.25, 0.3) is 11.8 Å². The van der Waals surface area contributed by atoms with Gasteiger partial charge in [0.1, 0.15) is 12.2 Å². The molecule has 1 aromatic carbocycles. The number of aromatic nitrogens is 2. The molecule has 0 bridgehead atoms. The number of nitrogens with one attached hydrogen (secondary N) is 4. The first-order valence-electron chi connectivity index (χ1n) is 6.88. The Morgan fingerprint density at radius 2 is 2.04 bits per heavy atom. The molecule has 0 aliphatic rings. The van der Waals surface area contributed by atoms with E-state index in [4.69, 9.17) is 5.26 Å². The summed E-state index contributed by atoms with van der Waals surface area (Å²) in [5, 5.41) is 22.1. The standard InChI is InChI=1S/C15H14N6O3/c1-9(22)19-11-4-2-3-10(7-11)14(23)20-12-8-18-21-13(12)15(24)17-6-5-16/h2-4,7-8H,6H2,1H3,(H,17,24)(H,18,21)(H,19,22)(H,20,23). The van der Waals surface area contributed by atoms with Crippen LogP contribution in [-0.2, 0) is 4.79 Å². The van der Waals surface area contributed by atoms with Crippen molar-refractivity contribution in [3.63, 3.8) is 0 Å². The number of H-pyrrole nitrogens is 1. The first-order valence-corrected chi connectivity index (χ1v) is 6.88. The van der Waals surface area contributed by atoms with E-state index >= 15 is 0 Å². The van der Waals surface area contributed by atoms with Crippen molar-refractivity contribution in [1.82, 2.24) is 15.5 Å². The van der Waals surface area contributed by atoms with Crippen LogP contribution in [0.25, 0.3) is 0 Å². The van der Waals surface area contributed by atoms with Gasteiger partial charge >= 0.3 is 0 Å². The van der Waals surface area contributed by atoms with Crippen molar-refractivity contribution >= 4 is 29.1 Å². The number of hydrogen-bond donors (Lipinski definition) is 4. The molecule has 122 valence electrons. The van der Waals surface area contributed by atoms with E-state index in [0.717, 1.165) is 0 Å². The number of hydrogen-bond acceptors (Lipinski definition) is 5. The number of benzene rings is 1. The first kappa shape index (κ1) is 16.7. The van der Waals surface area contributed by atoms with Gasteiger partial charge < -0.3 is 16.0 Å². The Morgan fingerprint density at radius 3 is 2.75 bits per heavy atom. The summed E-state index contributed by atoms with van der Waals surface area (Å²) >= 11 is 0. The van der Waals surface area contributed by atoms with Crippen LogP contribution in [0.2, 0.25) is 0 Å². The molecule has 0 spiro atoms. The molecule has 2 aromatic rings. The van der Waals surface area contributed by atoms with Crippen molar-refractivity contribution in [2.75, 3.05) is 17.2 Å². The Morgan fingerprint density at radius 1 is 1.25 bits per heavy atom. The summed E-state index contributed by atoms with van der Waals surface area (Å²) in [5.41, 5.74) is 0.997. The van der Waals surface area contributed by atoms with Crippen LogP contribution in [0, 0.1) is 11.3 Å². The highest BCUT2D eigenvalue weighted by Crippen LogP contribution is 2.15. The zero-order chi connectivity index (χ0) is 17.5. The molecule has 0 fully saturated rings. The third-order valence-electron chi connectivity index (χ3n) is 2.89. The quantitative estimate of drug-likeness (QED) is 0.604. The van der Waals surface area contributed by atoms with Gasteiger partial charge in [-0.05, 0) is 18.2 Å². The average Bonchev–Trinajstić information content (AvgIpc) is 3.00. The highest BCUT2D eigenvalue weighted by Gasteiger charge is 2.16. The molecule has 0 atom stereocenters. The molecular formula is C15H14N6O3. The molecule has 4 N–H and O–H groups in total. The van der Waals surface area contributed by atoms with E-state index in [0.29, 0.717) is 11.3 Å². The first-order chi connectivity index (χ1) is 11.5. The number of amides is 3. The van der Waals surface area contributed by atoms with Gasteiger partial charge in [-0.25, -0.2) is 0 Å². The Kier molecular flexibility index (Phi) is 5.25. The van der Waals surface area contributed by atoms with Crippen LogP contribution in [0.5, 0.6) is 0 Å². The second-order valence-corrected chi connectivity index (χ2v) is 4.72. The number of carbonyl (C=O) groups is 3. The van der Waals surface area contributed by atoms with Gasteiger partial charge in [0.15, 0.2) is 0 Å².